The van der Waals surface area contributed by atoms with Crippen molar-refractivity contribution < 1.29 is 4.74 Å². The summed E-state index contributed by atoms with van der Waals surface area (Å²) in [6.45, 7) is 5.24. The van der Waals surface area contributed by atoms with E-state index in [1.807, 2.05) is 18.2 Å². The van der Waals surface area contributed by atoms with Gasteiger partial charge in [0, 0.05) is 12.6 Å². The molecule has 1 atom stereocenters. The normalized spacial score (nSPS) is 17.2. The lowest BCUT2D eigenvalue weighted by atomic mass is 10.2. The number of fused-ring (bicyclic) bond motifs is 1. The first kappa shape index (κ1) is 14.1. The van der Waals surface area contributed by atoms with Gasteiger partial charge in [-0.1, -0.05) is 6.07 Å². The highest BCUT2D eigenvalue weighted by atomic mass is 16.5. The topological polar surface area (TPSA) is 47.4 Å². The molecule has 21 heavy (non-hydrogen) atoms. The van der Waals surface area contributed by atoms with Crippen LogP contribution in [0, 0.1) is 0 Å². The van der Waals surface area contributed by atoms with E-state index in [2.05, 4.69) is 16.8 Å². The van der Waals surface area contributed by atoms with Crippen LogP contribution in [0.15, 0.2) is 29.3 Å². The fourth-order valence-electron chi connectivity index (χ4n) is 3.05. The SMILES string of the molecule is COc1cccc2c(=O)n(C(C)CN3CCCC3)cnc12. The number of benzene rings is 1. The molecule has 0 amide bonds. The van der Waals surface area contributed by atoms with E-state index in [0.29, 0.717) is 16.7 Å². The van der Waals surface area contributed by atoms with Crippen molar-refractivity contribution in [2.45, 2.75) is 25.8 Å². The van der Waals surface area contributed by atoms with Gasteiger partial charge in [-0.25, -0.2) is 4.98 Å². The second kappa shape index (κ2) is 5.85. The highest BCUT2D eigenvalue weighted by Crippen LogP contribution is 2.21. The molecule has 1 aromatic heterocycles. The van der Waals surface area contributed by atoms with Gasteiger partial charge >= 0.3 is 0 Å². The third kappa shape index (κ3) is 2.65. The minimum Gasteiger partial charge on any atom is -0.494 e. The molecule has 5 heteroatoms. The molecule has 5 nitrogen and oxygen atoms in total. The van der Waals surface area contributed by atoms with Gasteiger partial charge in [0.2, 0.25) is 0 Å². The van der Waals surface area contributed by atoms with Crippen molar-refractivity contribution in [1.29, 1.82) is 0 Å². The molecular formula is C16H21N3O2. The monoisotopic (exact) mass is 287 g/mol. The molecule has 112 valence electrons. The molecule has 1 saturated heterocycles. The number of likely N-dealkylation sites (tertiary alicyclic amines) is 1. The molecule has 0 spiro atoms. The molecule has 1 aliphatic rings. The lowest BCUT2D eigenvalue weighted by molar-refractivity contribution is 0.284. The molecule has 3 rings (SSSR count). The Labute approximate surface area is 124 Å². The predicted octanol–water partition coefficient (Wildman–Crippen LogP) is 2.06. The number of rotatable bonds is 4. The summed E-state index contributed by atoms with van der Waals surface area (Å²) >= 11 is 0. The second-order valence-corrected chi connectivity index (χ2v) is 5.67. The molecule has 2 heterocycles. The van der Waals surface area contributed by atoms with Crippen molar-refractivity contribution in [1.82, 2.24) is 14.5 Å². The highest BCUT2D eigenvalue weighted by molar-refractivity contribution is 5.83. The molecule has 1 fully saturated rings. The Hall–Kier alpha value is -1.88. The summed E-state index contributed by atoms with van der Waals surface area (Å²) in [4.78, 5) is 19.5. The Bertz CT molecular complexity index is 689. The molecule has 2 aromatic rings. The van der Waals surface area contributed by atoms with Crippen LogP contribution in [0.5, 0.6) is 5.75 Å². The Morgan fingerprint density at radius 2 is 2.10 bits per heavy atom. The minimum absolute atomic E-state index is 0.00518. The lowest BCUT2D eigenvalue weighted by Gasteiger charge is -2.22. The summed E-state index contributed by atoms with van der Waals surface area (Å²) in [5, 5.41) is 0.616. The van der Waals surface area contributed by atoms with Gasteiger partial charge in [0.05, 0.1) is 18.8 Å². The minimum atomic E-state index is 0.00518. The van der Waals surface area contributed by atoms with Gasteiger partial charge in [-0.2, -0.15) is 0 Å². The molecule has 1 unspecified atom stereocenters. The predicted molar refractivity (Wildman–Crippen MR) is 82.9 cm³/mol. The van der Waals surface area contributed by atoms with Gasteiger partial charge in [-0.15, -0.1) is 0 Å². The van der Waals surface area contributed by atoms with Crippen LogP contribution in [0.3, 0.4) is 0 Å². The van der Waals surface area contributed by atoms with Gasteiger partial charge in [0.25, 0.3) is 5.56 Å². The number of ether oxygens (including phenoxy) is 1. The van der Waals surface area contributed by atoms with Crippen molar-refractivity contribution in [3.8, 4) is 5.75 Å². The van der Waals surface area contributed by atoms with Crippen molar-refractivity contribution >= 4 is 10.9 Å². The summed E-state index contributed by atoms with van der Waals surface area (Å²) in [5.41, 5.74) is 0.639. The molecule has 0 radical (unpaired) electrons. The number of para-hydroxylation sites is 1. The van der Waals surface area contributed by atoms with E-state index in [0.717, 1.165) is 19.6 Å². The first-order valence-corrected chi connectivity index (χ1v) is 7.47. The smallest absolute Gasteiger partial charge is 0.261 e. The average Bonchev–Trinajstić information content (AvgIpc) is 3.00. The zero-order valence-corrected chi connectivity index (χ0v) is 12.6. The van der Waals surface area contributed by atoms with Crippen LogP contribution in [0.1, 0.15) is 25.8 Å². The largest absolute Gasteiger partial charge is 0.494 e. The van der Waals surface area contributed by atoms with Crippen LogP contribution in [0.25, 0.3) is 10.9 Å². The van der Waals surface area contributed by atoms with Crippen LogP contribution in [-0.4, -0.2) is 41.2 Å². The van der Waals surface area contributed by atoms with Gasteiger partial charge < -0.3 is 9.64 Å². The number of hydrogen-bond acceptors (Lipinski definition) is 4. The summed E-state index contributed by atoms with van der Waals surface area (Å²) in [6.07, 6.45) is 4.16. The number of nitrogens with zero attached hydrogens (tertiary/aromatic N) is 3. The quantitative estimate of drug-likeness (QED) is 0.863. The zero-order chi connectivity index (χ0) is 14.8. The molecule has 0 bridgehead atoms. The first-order chi connectivity index (χ1) is 10.2. The van der Waals surface area contributed by atoms with Crippen molar-refractivity contribution in [3.05, 3.63) is 34.9 Å². The van der Waals surface area contributed by atoms with E-state index in [9.17, 15) is 4.79 Å². The van der Waals surface area contributed by atoms with Crippen molar-refractivity contribution in [3.63, 3.8) is 0 Å². The van der Waals surface area contributed by atoms with E-state index in [-0.39, 0.29) is 11.6 Å². The third-order valence-electron chi connectivity index (χ3n) is 4.19. The Kier molecular flexibility index (Phi) is 3.92. The van der Waals surface area contributed by atoms with Gasteiger partial charge in [0.1, 0.15) is 11.3 Å². The summed E-state index contributed by atoms with van der Waals surface area (Å²) in [6, 6.07) is 5.59. The third-order valence-corrected chi connectivity index (χ3v) is 4.19. The van der Waals surface area contributed by atoms with E-state index < -0.39 is 0 Å². The Morgan fingerprint density at radius 1 is 1.33 bits per heavy atom. The maximum atomic E-state index is 12.7. The average molecular weight is 287 g/mol. The maximum Gasteiger partial charge on any atom is 0.261 e. The molecule has 0 aliphatic carbocycles. The van der Waals surface area contributed by atoms with Gasteiger partial charge in [0.15, 0.2) is 0 Å². The summed E-state index contributed by atoms with van der Waals surface area (Å²) in [7, 11) is 1.60. The maximum absolute atomic E-state index is 12.7. The molecule has 1 aromatic carbocycles. The summed E-state index contributed by atoms with van der Waals surface area (Å²) in [5.74, 6) is 0.643. The molecule has 0 saturated carbocycles. The van der Waals surface area contributed by atoms with Crippen LogP contribution >= 0.6 is 0 Å². The number of hydrogen-bond donors (Lipinski definition) is 0. The van der Waals surface area contributed by atoms with E-state index in [1.165, 1.54) is 12.8 Å². The van der Waals surface area contributed by atoms with Crippen LogP contribution in [0.2, 0.25) is 0 Å². The van der Waals surface area contributed by atoms with E-state index in [4.69, 9.17) is 4.74 Å². The molecular weight excluding hydrogens is 266 g/mol. The van der Waals surface area contributed by atoms with E-state index in [1.54, 1.807) is 18.0 Å². The van der Waals surface area contributed by atoms with Gasteiger partial charge in [-0.05, 0) is 45.0 Å². The summed E-state index contributed by atoms with van der Waals surface area (Å²) < 4.78 is 7.01. The second-order valence-electron chi connectivity index (χ2n) is 5.67. The van der Waals surface area contributed by atoms with Gasteiger partial charge in [-0.3, -0.25) is 9.36 Å². The Balaban J connectivity index is 1.96. The Morgan fingerprint density at radius 3 is 2.81 bits per heavy atom. The van der Waals surface area contributed by atoms with Crippen LogP contribution in [0.4, 0.5) is 0 Å². The molecule has 0 N–H and O–H groups in total. The standard InChI is InChI=1S/C16H21N3O2/c1-12(10-18-8-3-4-9-18)19-11-17-15-13(16(19)20)6-5-7-14(15)21-2/h5-7,11-12H,3-4,8-10H2,1-2H3. The molecule has 1 aliphatic heterocycles. The van der Waals surface area contributed by atoms with Crippen LogP contribution in [-0.2, 0) is 0 Å². The first-order valence-electron chi connectivity index (χ1n) is 7.47. The zero-order valence-electron chi connectivity index (χ0n) is 12.6. The number of aromatic nitrogens is 2. The van der Waals surface area contributed by atoms with Crippen LogP contribution < -0.4 is 10.3 Å². The fourth-order valence-corrected chi connectivity index (χ4v) is 3.05. The lowest BCUT2D eigenvalue weighted by Crippen LogP contribution is -2.32. The van der Waals surface area contributed by atoms with E-state index >= 15 is 0 Å². The highest BCUT2D eigenvalue weighted by Gasteiger charge is 2.17. The van der Waals surface area contributed by atoms with Crippen molar-refractivity contribution in [2.24, 2.45) is 0 Å². The fraction of sp³-hybridized carbons (Fsp3) is 0.500. The number of methoxy groups -OCH3 is 1. The van der Waals surface area contributed by atoms with Crippen molar-refractivity contribution in [2.75, 3.05) is 26.7 Å².